The minimum Gasteiger partial charge on any atom is -0.469 e. The lowest BCUT2D eigenvalue weighted by molar-refractivity contribution is -0.148. The zero-order valence-electron chi connectivity index (χ0n) is 14.3. The summed E-state index contributed by atoms with van der Waals surface area (Å²) in [4.78, 5) is 12.0. The van der Waals surface area contributed by atoms with E-state index >= 15 is 0 Å². The van der Waals surface area contributed by atoms with Gasteiger partial charge in [0.15, 0.2) is 8.32 Å². The van der Waals surface area contributed by atoms with Crippen LogP contribution in [0.2, 0.25) is 18.1 Å². The summed E-state index contributed by atoms with van der Waals surface area (Å²) in [6.45, 7) is 12.9. The van der Waals surface area contributed by atoms with Gasteiger partial charge in [0.2, 0.25) is 0 Å². The van der Waals surface area contributed by atoms with E-state index in [1.165, 1.54) is 7.11 Å². The Morgan fingerprint density at radius 2 is 1.67 bits per heavy atom. The third-order valence-electron chi connectivity index (χ3n) is 4.38. The Morgan fingerprint density at radius 3 is 2.10 bits per heavy atom. The largest absolute Gasteiger partial charge is 0.469 e. The number of ether oxygens (including phenoxy) is 1. The van der Waals surface area contributed by atoms with Gasteiger partial charge in [0.05, 0.1) is 19.1 Å². The van der Waals surface area contributed by atoms with Crippen molar-refractivity contribution >= 4 is 14.3 Å². The minimum absolute atomic E-state index is 0.0931. The van der Waals surface area contributed by atoms with E-state index in [1.54, 1.807) is 0 Å². The first-order valence-electron chi connectivity index (χ1n) is 7.41. The van der Waals surface area contributed by atoms with Crippen LogP contribution in [-0.4, -0.2) is 21.4 Å². The second-order valence-electron chi connectivity index (χ2n) is 7.02. The van der Waals surface area contributed by atoms with Gasteiger partial charge in [-0.25, -0.2) is 0 Å². The molecule has 0 spiro atoms. The molecule has 0 heterocycles. The lowest BCUT2D eigenvalue weighted by Crippen LogP contribution is -2.43. The van der Waals surface area contributed by atoms with Gasteiger partial charge in [-0.05, 0) is 30.6 Å². The molecule has 0 aliphatic rings. The first-order chi connectivity index (χ1) is 9.60. The van der Waals surface area contributed by atoms with Crippen LogP contribution in [0.5, 0.6) is 0 Å². The molecule has 0 N–H and O–H groups in total. The quantitative estimate of drug-likeness (QED) is 0.591. The molecule has 0 bridgehead atoms. The van der Waals surface area contributed by atoms with E-state index in [4.69, 9.17) is 9.16 Å². The zero-order chi connectivity index (χ0) is 16.3. The van der Waals surface area contributed by atoms with Crippen LogP contribution >= 0.6 is 0 Å². The van der Waals surface area contributed by atoms with Crippen molar-refractivity contribution in [3.63, 3.8) is 0 Å². The summed E-state index contributed by atoms with van der Waals surface area (Å²) >= 11 is 0. The van der Waals surface area contributed by atoms with Crippen LogP contribution in [0.15, 0.2) is 30.3 Å². The second-order valence-corrected chi connectivity index (χ2v) is 11.8. The third kappa shape index (κ3) is 4.42. The Hall–Kier alpha value is -1.13. The van der Waals surface area contributed by atoms with E-state index in [9.17, 15) is 4.79 Å². The van der Waals surface area contributed by atoms with Crippen molar-refractivity contribution in [2.45, 2.75) is 51.9 Å². The van der Waals surface area contributed by atoms with Gasteiger partial charge in [0, 0.05) is 0 Å². The van der Waals surface area contributed by atoms with Crippen LogP contribution in [0.1, 0.15) is 39.4 Å². The van der Waals surface area contributed by atoms with Gasteiger partial charge in [-0.2, -0.15) is 0 Å². The third-order valence-corrected chi connectivity index (χ3v) is 8.84. The number of hydrogen-bond acceptors (Lipinski definition) is 3. The van der Waals surface area contributed by atoms with Crippen LogP contribution in [0.4, 0.5) is 0 Å². The molecule has 0 unspecified atom stereocenters. The van der Waals surface area contributed by atoms with Crippen LogP contribution < -0.4 is 0 Å². The molecule has 0 aliphatic carbocycles. The number of methoxy groups -OCH3 is 1. The van der Waals surface area contributed by atoms with Gasteiger partial charge < -0.3 is 9.16 Å². The van der Waals surface area contributed by atoms with Crippen molar-refractivity contribution in [2.24, 2.45) is 5.92 Å². The monoisotopic (exact) mass is 308 g/mol. The second kappa shape index (κ2) is 6.75. The van der Waals surface area contributed by atoms with Gasteiger partial charge in [-0.3, -0.25) is 4.79 Å². The molecular weight excluding hydrogens is 280 g/mol. The highest BCUT2D eigenvalue weighted by atomic mass is 28.4. The fourth-order valence-electron chi connectivity index (χ4n) is 1.91. The Morgan fingerprint density at radius 1 is 1.14 bits per heavy atom. The number of rotatable bonds is 5. The lowest BCUT2D eigenvalue weighted by atomic mass is 9.98. The van der Waals surface area contributed by atoms with E-state index < -0.39 is 8.32 Å². The number of benzene rings is 1. The van der Waals surface area contributed by atoms with Crippen molar-refractivity contribution in [1.82, 2.24) is 0 Å². The number of carbonyl (C=O) groups is 1. The SMILES string of the molecule is COC(=O)[C@H](C)[C@@H](O[Si](C)(C)C(C)(C)C)c1ccccc1. The molecule has 0 saturated carbocycles. The molecule has 0 aliphatic heterocycles. The van der Waals surface area contributed by atoms with Crippen molar-refractivity contribution in [3.8, 4) is 0 Å². The van der Waals surface area contributed by atoms with Crippen LogP contribution in [0.25, 0.3) is 0 Å². The van der Waals surface area contributed by atoms with Crippen LogP contribution in [-0.2, 0) is 14.0 Å². The standard InChI is InChI=1S/C17H28O3Si/c1-13(16(18)19-5)15(14-11-9-8-10-12-14)20-21(6,7)17(2,3)4/h8-13,15H,1-7H3/t13-,15-/m1/s1. The Bertz CT molecular complexity index is 463. The summed E-state index contributed by atoms with van der Waals surface area (Å²) in [5, 5.41) is 0.0931. The topological polar surface area (TPSA) is 35.5 Å². The summed E-state index contributed by atoms with van der Waals surface area (Å²) in [5.41, 5.74) is 1.03. The molecule has 0 radical (unpaired) electrons. The fraction of sp³-hybridized carbons (Fsp3) is 0.588. The predicted molar refractivity (Wildman–Crippen MR) is 88.6 cm³/mol. The van der Waals surface area contributed by atoms with E-state index in [0.717, 1.165) is 5.56 Å². The first-order valence-corrected chi connectivity index (χ1v) is 10.3. The molecule has 0 fully saturated rings. The zero-order valence-corrected chi connectivity index (χ0v) is 15.3. The molecule has 1 aromatic rings. The normalized spacial score (nSPS) is 15.4. The average Bonchev–Trinajstić information content (AvgIpc) is 2.43. The molecule has 118 valence electrons. The van der Waals surface area contributed by atoms with Crippen LogP contribution in [0, 0.1) is 5.92 Å². The van der Waals surface area contributed by atoms with Gasteiger partial charge in [0.1, 0.15) is 0 Å². The first kappa shape index (κ1) is 17.9. The highest BCUT2D eigenvalue weighted by Gasteiger charge is 2.41. The van der Waals surface area contributed by atoms with Gasteiger partial charge in [-0.15, -0.1) is 0 Å². The number of hydrogen-bond donors (Lipinski definition) is 0. The smallest absolute Gasteiger partial charge is 0.311 e. The Balaban J connectivity index is 3.12. The molecule has 1 aromatic carbocycles. The van der Waals surface area contributed by atoms with Crippen molar-refractivity contribution in [3.05, 3.63) is 35.9 Å². The van der Waals surface area contributed by atoms with E-state index in [1.807, 2.05) is 37.3 Å². The van der Waals surface area contributed by atoms with Crippen LogP contribution in [0.3, 0.4) is 0 Å². The van der Waals surface area contributed by atoms with Gasteiger partial charge in [-0.1, -0.05) is 51.1 Å². The fourth-order valence-corrected chi connectivity index (χ4v) is 3.23. The molecule has 21 heavy (non-hydrogen) atoms. The molecular formula is C17H28O3Si. The summed E-state index contributed by atoms with van der Waals surface area (Å²) in [6.07, 6.45) is -0.264. The number of carbonyl (C=O) groups excluding carboxylic acids is 1. The average molecular weight is 308 g/mol. The summed E-state index contributed by atoms with van der Waals surface area (Å²) in [7, 11) is -0.556. The molecule has 2 atom stereocenters. The van der Waals surface area contributed by atoms with E-state index in [0.29, 0.717) is 0 Å². The molecule has 0 amide bonds. The van der Waals surface area contributed by atoms with Crippen molar-refractivity contribution in [2.75, 3.05) is 7.11 Å². The summed E-state index contributed by atoms with van der Waals surface area (Å²) in [6, 6.07) is 9.94. The minimum atomic E-state index is -1.98. The maximum absolute atomic E-state index is 12.0. The molecule has 0 saturated heterocycles. The van der Waals surface area contributed by atoms with Gasteiger partial charge in [0.25, 0.3) is 0 Å². The maximum atomic E-state index is 12.0. The molecule has 3 nitrogen and oxygen atoms in total. The van der Waals surface area contributed by atoms with Crippen molar-refractivity contribution in [1.29, 1.82) is 0 Å². The number of esters is 1. The summed E-state index contributed by atoms with van der Waals surface area (Å²) < 4.78 is 11.4. The lowest BCUT2D eigenvalue weighted by Gasteiger charge is -2.40. The molecule has 4 heteroatoms. The van der Waals surface area contributed by atoms with Gasteiger partial charge >= 0.3 is 5.97 Å². The highest BCUT2D eigenvalue weighted by molar-refractivity contribution is 6.74. The maximum Gasteiger partial charge on any atom is 0.311 e. The van der Waals surface area contributed by atoms with E-state index in [-0.39, 0.29) is 23.0 Å². The predicted octanol–water partition coefficient (Wildman–Crippen LogP) is 4.56. The molecule has 0 aromatic heterocycles. The summed E-state index contributed by atoms with van der Waals surface area (Å²) in [5.74, 6) is -0.561. The Labute approximate surface area is 129 Å². The Kier molecular flexibility index (Phi) is 5.76. The van der Waals surface area contributed by atoms with Crippen molar-refractivity contribution < 1.29 is 14.0 Å². The highest BCUT2D eigenvalue weighted by Crippen LogP contribution is 2.41. The van der Waals surface area contributed by atoms with E-state index in [2.05, 4.69) is 33.9 Å². The molecule has 1 rings (SSSR count).